The van der Waals surface area contributed by atoms with Crippen LogP contribution in [0.1, 0.15) is 16.1 Å². The van der Waals surface area contributed by atoms with Crippen LogP contribution in [0, 0.1) is 12.3 Å². The molecule has 9 nitrogen and oxygen atoms in total. The van der Waals surface area contributed by atoms with Crippen molar-refractivity contribution in [2.24, 2.45) is 0 Å². The number of benzene rings is 3. The molecule has 1 atom stereocenters. The van der Waals surface area contributed by atoms with Crippen LogP contribution in [0.2, 0.25) is 0 Å². The molecular weight excluding hydrogens is 490 g/mol. The number of hydrogen-bond acceptors (Lipinski definition) is 7. The van der Waals surface area contributed by atoms with Crippen LogP contribution in [0.25, 0.3) is 10.9 Å². The number of fused-ring (bicyclic) bond motifs is 1. The van der Waals surface area contributed by atoms with Gasteiger partial charge in [0.1, 0.15) is 17.1 Å². The van der Waals surface area contributed by atoms with E-state index in [0.29, 0.717) is 22.2 Å². The van der Waals surface area contributed by atoms with Crippen molar-refractivity contribution in [2.75, 3.05) is 17.4 Å². The molecule has 0 aliphatic heterocycles. The fraction of sp³-hybridized carbons (Fsp3) is 0.0417. The summed E-state index contributed by atoms with van der Waals surface area (Å²) >= 11 is -2.73. The number of hydrogen-bond donors (Lipinski definition) is 2. The molecule has 1 heterocycles. The van der Waals surface area contributed by atoms with E-state index in [4.69, 9.17) is 6.42 Å². The van der Waals surface area contributed by atoms with Crippen molar-refractivity contribution in [2.45, 2.75) is 9.79 Å². The molecule has 178 valence electrons. The van der Waals surface area contributed by atoms with Gasteiger partial charge in [0, 0.05) is 29.2 Å². The van der Waals surface area contributed by atoms with Gasteiger partial charge in [0.05, 0.1) is 15.5 Å². The molecule has 3 aromatic carbocycles. The lowest BCUT2D eigenvalue weighted by Gasteiger charge is -2.18. The number of amides is 1. The molecular formula is C24H18N3O6S2-. The molecule has 0 radical (unpaired) electrons. The summed E-state index contributed by atoms with van der Waals surface area (Å²) in [5.74, 6) is 1.92. The maximum atomic E-state index is 13.0. The molecule has 1 amide bonds. The predicted molar refractivity (Wildman–Crippen MR) is 131 cm³/mol. The Morgan fingerprint density at radius 2 is 1.80 bits per heavy atom. The van der Waals surface area contributed by atoms with Crippen molar-refractivity contribution in [3.05, 3.63) is 84.1 Å². The van der Waals surface area contributed by atoms with Crippen molar-refractivity contribution < 1.29 is 26.3 Å². The second-order valence-corrected chi connectivity index (χ2v) is 9.90. The molecule has 0 saturated heterocycles. The molecule has 0 saturated carbocycles. The van der Waals surface area contributed by atoms with E-state index in [1.54, 1.807) is 42.5 Å². The molecule has 1 unspecified atom stereocenters. The Bertz CT molecular complexity index is 1610. The Kier molecular flexibility index (Phi) is 6.72. The topological polar surface area (TPSA) is 132 Å². The molecule has 35 heavy (non-hydrogen) atoms. The van der Waals surface area contributed by atoms with Gasteiger partial charge in [-0.05, 0) is 54.6 Å². The van der Waals surface area contributed by atoms with Gasteiger partial charge >= 0.3 is 0 Å². The Balaban J connectivity index is 1.57. The highest BCUT2D eigenvalue weighted by Crippen LogP contribution is 2.26. The van der Waals surface area contributed by atoms with Crippen molar-refractivity contribution in [1.29, 1.82) is 0 Å². The van der Waals surface area contributed by atoms with Crippen LogP contribution >= 0.6 is 0 Å². The van der Waals surface area contributed by atoms with Gasteiger partial charge in [-0.15, -0.1) is 6.42 Å². The number of anilines is 2. The van der Waals surface area contributed by atoms with Gasteiger partial charge in [-0.1, -0.05) is 24.1 Å². The van der Waals surface area contributed by atoms with Gasteiger partial charge in [-0.3, -0.25) is 4.79 Å². The zero-order valence-electron chi connectivity index (χ0n) is 18.2. The number of carbonyl (C=O) groups is 1. The quantitative estimate of drug-likeness (QED) is 0.222. The van der Waals surface area contributed by atoms with Crippen molar-refractivity contribution in [3.8, 4) is 12.3 Å². The molecule has 4 rings (SSSR count). The number of hydroxylamine groups is 1. The summed E-state index contributed by atoms with van der Waals surface area (Å²) in [7, 11) is -2.42. The molecule has 0 aliphatic rings. The maximum Gasteiger partial charge on any atom is 0.272 e. The SMILES string of the molecule is C#Cc1cccc(S(=O)(=O)c2cccc(NC(=O)c3cc4ccc(N(C)OS(=O)[O-])cc4[nH]3)c2)c1. The summed E-state index contributed by atoms with van der Waals surface area (Å²) in [5.41, 5.74) is 1.97. The summed E-state index contributed by atoms with van der Waals surface area (Å²) in [4.78, 5) is 15.9. The summed E-state index contributed by atoms with van der Waals surface area (Å²) in [5, 5.41) is 4.46. The summed E-state index contributed by atoms with van der Waals surface area (Å²) in [6.07, 6.45) is 5.38. The van der Waals surface area contributed by atoms with E-state index in [0.717, 1.165) is 5.06 Å². The molecule has 11 heteroatoms. The minimum absolute atomic E-state index is 0.00422. The van der Waals surface area contributed by atoms with Crippen LogP contribution in [-0.2, 0) is 25.5 Å². The highest BCUT2D eigenvalue weighted by atomic mass is 32.2. The van der Waals surface area contributed by atoms with E-state index >= 15 is 0 Å². The first-order valence-corrected chi connectivity index (χ1v) is 12.5. The van der Waals surface area contributed by atoms with Crippen LogP contribution in [0.4, 0.5) is 11.4 Å². The number of nitrogens with one attached hydrogen (secondary N) is 2. The van der Waals surface area contributed by atoms with Gasteiger partial charge in [-0.25, -0.2) is 17.7 Å². The number of aromatic nitrogens is 1. The van der Waals surface area contributed by atoms with E-state index in [9.17, 15) is 22.0 Å². The zero-order chi connectivity index (χ0) is 25.2. The van der Waals surface area contributed by atoms with E-state index < -0.39 is 27.1 Å². The van der Waals surface area contributed by atoms with Crippen molar-refractivity contribution >= 4 is 49.4 Å². The average Bonchev–Trinajstić information content (AvgIpc) is 3.27. The lowest BCUT2D eigenvalue weighted by molar-refractivity contribution is 0.102. The van der Waals surface area contributed by atoms with E-state index in [1.165, 1.54) is 37.4 Å². The Labute approximate surface area is 204 Å². The van der Waals surface area contributed by atoms with Crippen LogP contribution in [0.3, 0.4) is 0 Å². The number of terminal acetylenes is 1. The first kappa shape index (κ1) is 24.2. The molecule has 0 bridgehead atoms. The highest BCUT2D eigenvalue weighted by molar-refractivity contribution is 7.91. The van der Waals surface area contributed by atoms with E-state index in [1.807, 2.05) is 0 Å². The zero-order valence-corrected chi connectivity index (χ0v) is 19.9. The third kappa shape index (κ3) is 5.26. The smallest absolute Gasteiger partial charge is 0.272 e. The van der Waals surface area contributed by atoms with E-state index in [2.05, 4.69) is 20.5 Å². The van der Waals surface area contributed by atoms with Crippen LogP contribution in [0.5, 0.6) is 0 Å². The third-order valence-corrected chi connectivity index (χ3v) is 7.19. The summed E-state index contributed by atoms with van der Waals surface area (Å²) in [6.45, 7) is 0. The van der Waals surface area contributed by atoms with Crippen molar-refractivity contribution in [3.63, 3.8) is 0 Å². The standard InChI is InChI=1S/C24H19N3O6S2/c1-3-16-6-4-8-20(12-16)35(31,32)21-9-5-7-18(14-21)25-24(28)23-13-17-10-11-19(15-22(17)26-23)27(2)33-34(29)30/h1,4-15,26H,2H3,(H,25,28)(H,29,30)/p-1. The van der Waals surface area contributed by atoms with Crippen LogP contribution in [0.15, 0.2) is 82.6 Å². The molecule has 0 spiro atoms. The van der Waals surface area contributed by atoms with E-state index in [-0.39, 0.29) is 21.2 Å². The lowest BCUT2D eigenvalue weighted by Crippen LogP contribution is -2.18. The van der Waals surface area contributed by atoms with Gasteiger partial charge in [-0.2, -0.15) is 4.28 Å². The number of nitrogens with zero attached hydrogens (tertiary/aromatic N) is 1. The lowest BCUT2D eigenvalue weighted by atomic mass is 10.2. The average molecular weight is 509 g/mol. The fourth-order valence-electron chi connectivity index (χ4n) is 3.40. The summed E-state index contributed by atoms with van der Waals surface area (Å²) in [6, 6.07) is 18.5. The third-order valence-electron chi connectivity index (χ3n) is 5.10. The predicted octanol–water partition coefficient (Wildman–Crippen LogP) is 3.40. The molecule has 1 aromatic heterocycles. The molecule has 0 aliphatic carbocycles. The number of carbonyl (C=O) groups excluding carboxylic acids is 1. The first-order valence-electron chi connectivity index (χ1n) is 10.0. The highest BCUT2D eigenvalue weighted by Gasteiger charge is 2.19. The molecule has 2 N–H and O–H groups in total. The second kappa shape index (κ2) is 9.73. The fourth-order valence-corrected chi connectivity index (χ4v) is 5.02. The number of aromatic amines is 1. The van der Waals surface area contributed by atoms with Crippen LogP contribution < -0.4 is 10.4 Å². The Morgan fingerprint density at radius 1 is 1.09 bits per heavy atom. The Hall–Kier alpha value is -3.95. The second-order valence-electron chi connectivity index (χ2n) is 7.39. The van der Waals surface area contributed by atoms with Gasteiger partial charge < -0.3 is 14.9 Å². The minimum Gasteiger partial charge on any atom is -0.748 e. The summed E-state index contributed by atoms with van der Waals surface area (Å²) < 4.78 is 52.2. The molecule has 0 fully saturated rings. The number of sulfone groups is 1. The molecule has 4 aromatic rings. The van der Waals surface area contributed by atoms with Gasteiger partial charge in [0.2, 0.25) is 9.84 Å². The largest absolute Gasteiger partial charge is 0.748 e. The number of rotatable bonds is 7. The maximum absolute atomic E-state index is 13.0. The monoisotopic (exact) mass is 508 g/mol. The Morgan fingerprint density at radius 3 is 2.51 bits per heavy atom. The van der Waals surface area contributed by atoms with Crippen LogP contribution in [-0.4, -0.2) is 35.1 Å². The van der Waals surface area contributed by atoms with Gasteiger partial charge in [0.25, 0.3) is 5.91 Å². The first-order chi connectivity index (χ1) is 16.7. The normalized spacial score (nSPS) is 12.1. The van der Waals surface area contributed by atoms with Gasteiger partial charge in [0.15, 0.2) is 0 Å². The number of H-pyrrole nitrogens is 1. The minimum atomic E-state index is -3.85. The van der Waals surface area contributed by atoms with Crippen molar-refractivity contribution in [1.82, 2.24) is 4.98 Å².